The van der Waals surface area contributed by atoms with Gasteiger partial charge in [0.15, 0.2) is 5.65 Å². The second kappa shape index (κ2) is 8.82. The largest absolute Gasteiger partial charge is 0.370 e. The van der Waals surface area contributed by atoms with E-state index in [0.717, 1.165) is 50.2 Å². The lowest BCUT2D eigenvalue weighted by Gasteiger charge is -2.35. The minimum atomic E-state index is 0.127. The van der Waals surface area contributed by atoms with Crippen molar-refractivity contribution in [3.8, 4) is 0 Å². The summed E-state index contributed by atoms with van der Waals surface area (Å²) in [7, 11) is 1.96. The smallest absolute Gasteiger partial charge is 0.225 e. The minimum Gasteiger partial charge on any atom is -0.370 e. The molecule has 0 atom stereocenters. The number of carbonyl (C=O) groups excluding carboxylic acids is 1. The number of hydrogen-bond donors (Lipinski definition) is 0. The highest BCUT2D eigenvalue weighted by Crippen LogP contribution is 2.28. The van der Waals surface area contributed by atoms with Gasteiger partial charge in [0.2, 0.25) is 5.91 Å². The van der Waals surface area contributed by atoms with E-state index in [1.165, 1.54) is 32.4 Å². The average Bonchev–Trinajstić information content (AvgIpc) is 2.77. The standard InChI is InChI=1S/C21H30N6O/c1-25(15-16-26-11-3-2-4-12-26)21(28)17-6-13-27(14-7-17)18-5-8-23-20-19(18)22-9-10-24-20/h5,8-10,17H,2-4,6-7,11-16H2,1H3. The van der Waals surface area contributed by atoms with Crippen LogP contribution in [0, 0.1) is 5.92 Å². The fraction of sp³-hybridized carbons (Fsp3) is 0.619. The molecule has 0 spiro atoms. The summed E-state index contributed by atoms with van der Waals surface area (Å²) in [6.07, 6.45) is 10.9. The minimum absolute atomic E-state index is 0.127. The summed E-state index contributed by atoms with van der Waals surface area (Å²) in [5.74, 6) is 0.429. The molecule has 7 heteroatoms. The van der Waals surface area contributed by atoms with Crippen molar-refractivity contribution in [1.29, 1.82) is 0 Å². The first-order valence-corrected chi connectivity index (χ1v) is 10.5. The summed E-state index contributed by atoms with van der Waals surface area (Å²) >= 11 is 0. The number of likely N-dealkylation sites (tertiary alicyclic amines) is 1. The third-order valence-corrected chi connectivity index (χ3v) is 6.11. The summed E-state index contributed by atoms with van der Waals surface area (Å²) < 4.78 is 0. The number of aromatic nitrogens is 3. The lowest BCUT2D eigenvalue weighted by atomic mass is 9.95. The predicted octanol–water partition coefficient (Wildman–Crippen LogP) is 2.19. The van der Waals surface area contributed by atoms with Gasteiger partial charge in [0.05, 0.1) is 5.69 Å². The van der Waals surface area contributed by atoms with Gasteiger partial charge < -0.3 is 14.7 Å². The summed E-state index contributed by atoms with van der Waals surface area (Å²) in [5.41, 5.74) is 2.59. The van der Waals surface area contributed by atoms with Crippen LogP contribution in [0.4, 0.5) is 5.69 Å². The molecule has 2 saturated heterocycles. The maximum atomic E-state index is 12.9. The van der Waals surface area contributed by atoms with Crippen molar-refractivity contribution in [1.82, 2.24) is 24.8 Å². The van der Waals surface area contributed by atoms with Crippen molar-refractivity contribution in [2.45, 2.75) is 32.1 Å². The van der Waals surface area contributed by atoms with Crippen LogP contribution in [-0.2, 0) is 4.79 Å². The number of piperidine rings is 2. The van der Waals surface area contributed by atoms with E-state index >= 15 is 0 Å². The fourth-order valence-electron chi connectivity index (χ4n) is 4.38. The van der Waals surface area contributed by atoms with Crippen molar-refractivity contribution in [3.05, 3.63) is 24.7 Å². The van der Waals surface area contributed by atoms with E-state index in [2.05, 4.69) is 24.8 Å². The Balaban J connectivity index is 1.31. The van der Waals surface area contributed by atoms with E-state index in [1.54, 1.807) is 18.6 Å². The number of anilines is 1. The Morgan fingerprint density at radius 1 is 1.04 bits per heavy atom. The SMILES string of the molecule is CN(CCN1CCCCC1)C(=O)C1CCN(c2ccnc3nccnc23)CC1. The average molecular weight is 383 g/mol. The molecule has 28 heavy (non-hydrogen) atoms. The van der Waals surface area contributed by atoms with Crippen LogP contribution in [0.2, 0.25) is 0 Å². The maximum absolute atomic E-state index is 12.9. The zero-order valence-electron chi connectivity index (χ0n) is 16.8. The monoisotopic (exact) mass is 382 g/mol. The summed E-state index contributed by atoms with van der Waals surface area (Å²) in [6, 6.07) is 2.00. The number of nitrogens with zero attached hydrogens (tertiary/aromatic N) is 6. The zero-order valence-corrected chi connectivity index (χ0v) is 16.8. The van der Waals surface area contributed by atoms with Gasteiger partial charge in [0.25, 0.3) is 0 Å². The molecule has 7 nitrogen and oxygen atoms in total. The Kier molecular flexibility index (Phi) is 6.00. The van der Waals surface area contributed by atoms with Crippen molar-refractivity contribution >= 4 is 22.8 Å². The van der Waals surface area contributed by atoms with E-state index in [4.69, 9.17) is 0 Å². The Labute approximate surface area is 166 Å². The van der Waals surface area contributed by atoms with Gasteiger partial charge in [-0.1, -0.05) is 6.42 Å². The molecule has 1 amide bonds. The molecule has 0 saturated carbocycles. The molecule has 2 aliphatic rings. The van der Waals surface area contributed by atoms with Crippen molar-refractivity contribution in [2.75, 3.05) is 51.2 Å². The molecule has 2 aromatic heterocycles. The van der Waals surface area contributed by atoms with Gasteiger partial charge in [-0.25, -0.2) is 15.0 Å². The zero-order chi connectivity index (χ0) is 19.3. The van der Waals surface area contributed by atoms with Crippen LogP contribution < -0.4 is 4.90 Å². The molecule has 4 heterocycles. The molecule has 0 unspecified atom stereocenters. The summed E-state index contributed by atoms with van der Waals surface area (Å²) in [5, 5.41) is 0. The van der Waals surface area contributed by atoms with Gasteiger partial charge in [-0.05, 0) is 44.8 Å². The molecule has 150 valence electrons. The highest BCUT2D eigenvalue weighted by atomic mass is 16.2. The second-order valence-electron chi connectivity index (χ2n) is 7.98. The Morgan fingerprint density at radius 3 is 2.54 bits per heavy atom. The first kappa shape index (κ1) is 19.1. The van der Waals surface area contributed by atoms with Gasteiger partial charge >= 0.3 is 0 Å². The Morgan fingerprint density at radius 2 is 1.75 bits per heavy atom. The van der Waals surface area contributed by atoms with Gasteiger partial charge in [0.1, 0.15) is 5.52 Å². The van der Waals surface area contributed by atoms with Gasteiger partial charge in [-0.2, -0.15) is 0 Å². The molecule has 0 radical (unpaired) electrons. The van der Waals surface area contributed by atoms with Crippen LogP contribution in [0.25, 0.3) is 11.2 Å². The molecule has 2 aliphatic heterocycles. The van der Waals surface area contributed by atoms with Crippen molar-refractivity contribution < 1.29 is 4.79 Å². The van der Waals surface area contributed by atoms with E-state index in [9.17, 15) is 4.79 Å². The third-order valence-electron chi connectivity index (χ3n) is 6.11. The van der Waals surface area contributed by atoms with E-state index < -0.39 is 0 Å². The van der Waals surface area contributed by atoms with Gasteiger partial charge in [-0.3, -0.25) is 4.79 Å². The number of pyridine rings is 1. The molecular weight excluding hydrogens is 352 g/mol. The summed E-state index contributed by atoms with van der Waals surface area (Å²) in [4.78, 5) is 32.7. The maximum Gasteiger partial charge on any atom is 0.225 e. The van der Waals surface area contributed by atoms with Crippen molar-refractivity contribution in [3.63, 3.8) is 0 Å². The van der Waals surface area contributed by atoms with Crippen LogP contribution >= 0.6 is 0 Å². The highest BCUT2D eigenvalue weighted by molar-refractivity contribution is 5.85. The normalized spacial score (nSPS) is 19.1. The van der Waals surface area contributed by atoms with Crippen LogP contribution in [0.5, 0.6) is 0 Å². The lowest BCUT2D eigenvalue weighted by molar-refractivity contribution is -0.135. The number of carbonyl (C=O) groups is 1. The quantitative estimate of drug-likeness (QED) is 0.790. The molecule has 0 aromatic carbocycles. The molecule has 0 aliphatic carbocycles. The Bertz CT molecular complexity index is 793. The number of rotatable bonds is 5. The number of fused-ring (bicyclic) bond motifs is 1. The first-order valence-electron chi connectivity index (χ1n) is 10.5. The van der Waals surface area contributed by atoms with Crippen LogP contribution in [0.1, 0.15) is 32.1 Å². The van der Waals surface area contributed by atoms with E-state index in [0.29, 0.717) is 11.6 Å². The fourth-order valence-corrected chi connectivity index (χ4v) is 4.38. The van der Waals surface area contributed by atoms with Gasteiger partial charge in [0, 0.05) is 57.7 Å². The molecule has 2 fully saturated rings. The first-order chi connectivity index (χ1) is 13.7. The van der Waals surface area contributed by atoms with Crippen molar-refractivity contribution in [2.24, 2.45) is 5.92 Å². The molecule has 0 N–H and O–H groups in total. The second-order valence-corrected chi connectivity index (χ2v) is 7.98. The Hall–Kier alpha value is -2.28. The molecule has 0 bridgehead atoms. The lowest BCUT2D eigenvalue weighted by Crippen LogP contribution is -2.44. The number of hydrogen-bond acceptors (Lipinski definition) is 6. The van der Waals surface area contributed by atoms with Crippen LogP contribution in [0.3, 0.4) is 0 Å². The topological polar surface area (TPSA) is 65.5 Å². The highest BCUT2D eigenvalue weighted by Gasteiger charge is 2.28. The summed E-state index contributed by atoms with van der Waals surface area (Å²) in [6.45, 7) is 5.94. The van der Waals surface area contributed by atoms with E-state index in [1.807, 2.05) is 18.0 Å². The van der Waals surface area contributed by atoms with Gasteiger partial charge in [-0.15, -0.1) is 0 Å². The number of amides is 1. The molecule has 4 rings (SSSR count). The number of likely N-dealkylation sites (N-methyl/N-ethyl adjacent to an activating group) is 1. The van der Waals surface area contributed by atoms with E-state index in [-0.39, 0.29) is 5.92 Å². The van der Waals surface area contributed by atoms with Crippen LogP contribution in [0.15, 0.2) is 24.7 Å². The third kappa shape index (κ3) is 4.24. The molecular formula is C21H30N6O. The predicted molar refractivity (Wildman–Crippen MR) is 110 cm³/mol. The molecule has 2 aromatic rings. The van der Waals surface area contributed by atoms with Crippen LogP contribution in [-0.4, -0.2) is 77.0 Å².